The van der Waals surface area contributed by atoms with E-state index < -0.39 is 0 Å². The van der Waals surface area contributed by atoms with E-state index in [1.807, 2.05) is 48.5 Å². The van der Waals surface area contributed by atoms with Gasteiger partial charge in [0.25, 0.3) is 0 Å². The second-order valence-electron chi connectivity index (χ2n) is 3.21. The van der Waals surface area contributed by atoms with Crippen molar-refractivity contribution in [3.8, 4) is 12.1 Å². The molecule has 0 atom stereocenters. The molecule has 3 heteroatoms. The van der Waals surface area contributed by atoms with Crippen molar-refractivity contribution < 1.29 is 17.1 Å². The van der Waals surface area contributed by atoms with Crippen molar-refractivity contribution in [1.29, 1.82) is 10.5 Å². The van der Waals surface area contributed by atoms with Gasteiger partial charge in [0, 0.05) is 12.8 Å². The molecule has 0 radical (unpaired) electrons. The van der Waals surface area contributed by atoms with Gasteiger partial charge in [-0.25, -0.2) is 24.3 Å². The summed E-state index contributed by atoms with van der Waals surface area (Å²) in [6, 6.07) is 19.8. The van der Waals surface area contributed by atoms with Crippen molar-refractivity contribution in [1.82, 2.24) is 0 Å². The van der Waals surface area contributed by atoms with Crippen LogP contribution in [0.25, 0.3) is 0 Å². The molecule has 0 heterocycles. The fourth-order valence-electron chi connectivity index (χ4n) is 1.33. The number of nitriles is 2. The van der Waals surface area contributed by atoms with Gasteiger partial charge in [-0.1, -0.05) is 0 Å². The van der Waals surface area contributed by atoms with E-state index in [4.69, 9.17) is 10.5 Å². The quantitative estimate of drug-likeness (QED) is 0.618. The molecule has 2 aromatic carbocycles. The molecule has 0 saturated heterocycles. The van der Waals surface area contributed by atoms with E-state index in [9.17, 15) is 0 Å². The molecule has 17 heavy (non-hydrogen) atoms. The molecule has 2 nitrogen and oxygen atoms in total. The minimum Gasteiger partial charge on any atom is -0.214 e. The molecule has 0 unspecified atom stereocenters. The molecule has 0 aromatic heterocycles. The Kier molecular flexibility index (Phi) is 8.43. The third-order valence-electron chi connectivity index (χ3n) is 2.10. The first-order valence-corrected chi connectivity index (χ1v) is 5.02. The molecule has 0 aliphatic rings. The Balaban J connectivity index is 0.000000360. The minimum absolute atomic E-state index is 0. The van der Waals surface area contributed by atoms with Crippen LogP contribution in [0.5, 0.6) is 0 Å². The predicted octanol–water partition coefficient (Wildman–Crippen LogP) is 2.94. The number of nitrogens with zero attached hydrogens (tertiary/aromatic N) is 2. The molecule has 0 saturated carbocycles. The second-order valence-corrected chi connectivity index (χ2v) is 3.21. The van der Waals surface area contributed by atoms with E-state index in [0.29, 0.717) is 12.8 Å². The molecule has 2 rings (SSSR count). The van der Waals surface area contributed by atoms with Crippen LogP contribution in [-0.4, -0.2) is 0 Å². The fraction of sp³-hybridized carbons (Fsp3) is 0.143. The first-order chi connectivity index (χ1) is 7.88. The maximum Gasteiger partial charge on any atom is 2.00 e. The molecule has 0 aliphatic carbocycles. The minimum atomic E-state index is 0. The van der Waals surface area contributed by atoms with Gasteiger partial charge in [0.05, 0.1) is 12.1 Å². The zero-order valence-electron chi connectivity index (χ0n) is 9.28. The van der Waals surface area contributed by atoms with Crippen LogP contribution in [0.15, 0.2) is 48.5 Å². The maximum atomic E-state index is 8.40. The normalized spacial score (nSPS) is 7.88. The van der Waals surface area contributed by atoms with Crippen LogP contribution < -0.4 is 0 Å². The SMILES string of the molecule is N#CCc1ccc[c-]1CC#N.[Fe+2].c1cc[cH-]c1. The van der Waals surface area contributed by atoms with E-state index in [-0.39, 0.29) is 17.1 Å². The summed E-state index contributed by atoms with van der Waals surface area (Å²) in [7, 11) is 0. The van der Waals surface area contributed by atoms with Crippen LogP contribution in [-0.2, 0) is 29.9 Å². The average molecular weight is 264 g/mol. The van der Waals surface area contributed by atoms with Crippen molar-refractivity contribution in [2.45, 2.75) is 12.8 Å². The maximum absolute atomic E-state index is 8.40. The van der Waals surface area contributed by atoms with Crippen LogP contribution >= 0.6 is 0 Å². The fourth-order valence-corrected chi connectivity index (χ4v) is 1.33. The van der Waals surface area contributed by atoms with E-state index in [1.54, 1.807) is 0 Å². The summed E-state index contributed by atoms with van der Waals surface area (Å²) in [5, 5.41) is 16.8. The van der Waals surface area contributed by atoms with Gasteiger partial charge in [-0.15, -0.1) is 5.56 Å². The van der Waals surface area contributed by atoms with Gasteiger partial charge >= 0.3 is 17.1 Å². The Bertz CT molecular complexity index is 421. The summed E-state index contributed by atoms with van der Waals surface area (Å²) in [5.41, 5.74) is 1.96. The Labute approximate surface area is 112 Å². The van der Waals surface area contributed by atoms with Gasteiger partial charge in [-0.2, -0.15) is 40.4 Å². The largest absolute Gasteiger partial charge is 2.00 e. The standard InChI is InChI=1S/C9H7N2.C5H5.Fe/c10-6-4-8-2-1-3-9(8)5-7-11;1-2-4-5-3-1;/h1-3H,4-5H2;1-5H;/q2*-1;+2. The first-order valence-electron chi connectivity index (χ1n) is 5.02. The van der Waals surface area contributed by atoms with E-state index in [2.05, 4.69) is 12.1 Å². The van der Waals surface area contributed by atoms with Crippen molar-refractivity contribution in [3.05, 3.63) is 59.7 Å². The molecule has 0 aliphatic heterocycles. The summed E-state index contributed by atoms with van der Waals surface area (Å²) in [5.74, 6) is 0. The number of rotatable bonds is 2. The number of hydrogen-bond donors (Lipinski definition) is 0. The summed E-state index contributed by atoms with van der Waals surface area (Å²) in [6.07, 6.45) is 0.814. The number of hydrogen-bond acceptors (Lipinski definition) is 2. The second kappa shape index (κ2) is 9.43. The summed E-state index contributed by atoms with van der Waals surface area (Å²) in [4.78, 5) is 0. The average Bonchev–Trinajstić information content (AvgIpc) is 2.93. The molecule has 0 fully saturated rings. The Morgan fingerprint density at radius 2 is 1.82 bits per heavy atom. The molecule has 0 bridgehead atoms. The van der Waals surface area contributed by atoms with Crippen LogP contribution in [0.2, 0.25) is 0 Å². The third kappa shape index (κ3) is 5.73. The molecule has 86 valence electrons. The zero-order chi connectivity index (χ0) is 11.6. The van der Waals surface area contributed by atoms with E-state index >= 15 is 0 Å². The monoisotopic (exact) mass is 264 g/mol. The van der Waals surface area contributed by atoms with E-state index in [1.165, 1.54) is 0 Å². The van der Waals surface area contributed by atoms with Gasteiger partial charge in [-0.05, 0) is 0 Å². The van der Waals surface area contributed by atoms with Crippen molar-refractivity contribution >= 4 is 0 Å². The Morgan fingerprint density at radius 1 is 1.12 bits per heavy atom. The summed E-state index contributed by atoms with van der Waals surface area (Å²) in [6.45, 7) is 0. The van der Waals surface area contributed by atoms with Gasteiger partial charge in [-0.3, -0.25) is 0 Å². The van der Waals surface area contributed by atoms with Crippen molar-refractivity contribution in [2.75, 3.05) is 0 Å². The van der Waals surface area contributed by atoms with Crippen LogP contribution in [0.1, 0.15) is 11.1 Å². The smallest absolute Gasteiger partial charge is 0.214 e. The predicted molar refractivity (Wildman–Crippen MR) is 62.7 cm³/mol. The molecular weight excluding hydrogens is 252 g/mol. The molecule has 0 amide bonds. The van der Waals surface area contributed by atoms with Gasteiger partial charge < -0.3 is 0 Å². The summed E-state index contributed by atoms with van der Waals surface area (Å²) < 4.78 is 0. The van der Waals surface area contributed by atoms with Crippen molar-refractivity contribution in [2.24, 2.45) is 0 Å². The van der Waals surface area contributed by atoms with Crippen LogP contribution in [0.4, 0.5) is 0 Å². The third-order valence-corrected chi connectivity index (χ3v) is 2.10. The zero-order valence-corrected chi connectivity index (χ0v) is 10.4. The molecule has 0 spiro atoms. The van der Waals surface area contributed by atoms with Gasteiger partial charge in [0.2, 0.25) is 0 Å². The van der Waals surface area contributed by atoms with E-state index in [0.717, 1.165) is 11.1 Å². The van der Waals surface area contributed by atoms with Gasteiger partial charge in [0.15, 0.2) is 0 Å². The van der Waals surface area contributed by atoms with Crippen LogP contribution in [0, 0.1) is 22.7 Å². The molecule has 2 aromatic rings. The van der Waals surface area contributed by atoms with Crippen LogP contribution in [0.3, 0.4) is 0 Å². The van der Waals surface area contributed by atoms with Crippen molar-refractivity contribution in [3.63, 3.8) is 0 Å². The summed E-state index contributed by atoms with van der Waals surface area (Å²) >= 11 is 0. The molecular formula is C14H12FeN2. The van der Waals surface area contributed by atoms with Gasteiger partial charge in [0.1, 0.15) is 0 Å². The first kappa shape index (κ1) is 15.2. The Morgan fingerprint density at radius 3 is 2.29 bits per heavy atom. The topological polar surface area (TPSA) is 47.6 Å². The Hall–Kier alpha value is -1.80. The molecule has 0 N–H and O–H groups in total.